The fourth-order valence-electron chi connectivity index (χ4n) is 3.34. The van der Waals surface area contributed by atoms with Crippen molar-refractivity contribution in [3.05, 3.63) is 90.0 Å². The third kappa shape index (κ3) is 7.26. The Labute approximate surface area is 194 Å². The Kier molecular flexibility index (Phi) is 8.13. The first kappa shape index (κ1) is 24.6. The number of rotatable bonds is 6. The highest BCUT2D eigenvalue weighted by molar-refractivity contribution is 5.91. The van der Waals surface area contributed by atoms with E-state index in [4.69, 9.17) is 14.6 Å². The van der Waals surface area contributed by atoms with Crippen LogP contribution in [-0.4, -0.2) is 29.7 Å². The van der Waals surface area contributed by atoms with Gasteiger partial charge in [-0.1, -0.05) is 48.5 Å². The second-order valence-corrected chi connectivity index (χ2v) is 7.52. The number of halogens is 3. The molecule has 3 aromatic carbocycles. The molecule has 1 atom stereocenters. The van der Waals surface area contributed by atoms with Gasteiger partial charge in [0.15, 0.2) is 0 Å². The molecule has 1 amide bonds. The maximum atomic E-state index is 12.4. The zero-order valence-corrected chi connectivity index (χ0v) is 18.0. The number of ether oxygens (including phenoxy) is 1. The number of carboxylic acid groups (broad SMARTS) is 1. The molecule has 0 aromatic heterocycles. The zero-order chi connectivity index (χ0) is 24.6. The number of para-hydroxylation sites is 2. The summed E-state index contributed by atoms with van der Waals surface area (Å²) in [6, 6.07) is 25.7. The number of carbonyl (C=O) groups excluding carboxylic acids is 1. The molecule has 34 heavy (non-hydrogen) atoms. The SMILES string of the molecule is O=C(CC1CNc2ccccc21)Nc1ccc(COc2ccccc2)cc1.O=C(O)C(F)(F)F. The van der Waals surface area contributed by atoms with Gasteiger partial charge in [-0.15, -0.1) is 0 Å². The molecule has 178 valence electrons. The second-order valence-electron chi connectivity index (χ2n) is 7.52. The van der Waals surface area contributed by atoms with Crippen LogP contribution in [0.1, 0.15) is 23.5 Å². The minimum absolute atomic E-state index is 0.0341. The first-order valence-electron chi connectivity index (χ1n) is 10.4. The summed E-state index contributed by atoms with van der Waals surface area (Å²) in [4.78, 5) is 21.3. The van der Waals surface area contributed by atoms with E-state index in [-0.39, 0.29) is 11.8 Å². The predicted octanol–water partition coefficient (Wildman–Crippen LogP) is 5.44. The minimum Gasteiger partial charge on any atom is -0.489 e. The summed E-state index contributed by atoms with van der Waals surface area (Å²) < 4.78 is 37.5. The van der Waals surface area contributed by atoms with Crippen LogP contribution in [0, 0.1) is 0 Å². The van der Waals surface area contributed by atoms with Gasteiger partial charge >= 0.3 is 12.1 Å². The van der Waals surface area contributed by atoms with Crippen molar-refractivity contribution in [1.82, 2.24) is 0 Å². The number of carbonyl (C=O) groups is 2. The van der Waals surface area contributed by atoms with Crippen molar-refractivity contribution in [1.29, 1.82) is 0 Å². The highest BCUT2D eigenvalue weighted by Gasteiger charge is 2.38. The van der Waals surface area contributed by atoms with Crippen molar-refractivity contribution in [2.75, 3.05) is 17.2 Å². The molecule has 1 aliphatic rings. The molecule has 1 aliphatic heterocycles. The molecule has 0 saturated carbocycles. The maximum Gasteiger partial charge on any atom is 0.490 e. The van der Waals surface area contributed by atoms with E-state index in [1.807, 2.05) is 66.7 Å². The van der Waals surface area contributed by atoms with Gasteiger partial charge in [-0.05, 0) is 41.5 Å². The number of aliphatic carboxylic acids is 1. The number of carboxylic acids is 1. The van der Waals surface area contributed by atoms with Crippen LogP contribution in [0.5, 0.6) is 5.75 Å². The van der Waals surface area contributed by atoms with E-state index >= 15 is 0 Å². The molecule has 9 heteroatoms. The molecule has 0 fully saturated rings. The molecular formula is C25H23F3N2O4. The van der Waals surface area contributed by atoms with Gasteiger partial charge in [-0.25, -0.2) is 4.79 Å². The van der Waals surface area contributed by atoms with Crippen LogP contribution in [0.3, 0.4) is 0 Å². The van der Waals surface area contributed by atoms with Gasteiger partial charge in [0.2, 0.25) is 5.91 Å². The van der Waals surface area contributed by atoms with Crippen molar-refractivity contribution < 1.29 is 32.6 Å². The lowest BCUT2D eigenvalue weighted by atomic mass is 9.97. The highest BCUT2D eigenvalue weighted by Crippen LogP contribution is 2.33. The molecule has 0 radical (unpaired) electrons. The lowest BCUT2D eigenvalue weighted by molar-refractivity contribution is -0.192. The van der Waals surface area contributed by atoms with E-state index in [9.17, 15) is 18.0 Å². The van der Waals surface area contributed by atoms with Gasteiger partial charge in [0.25, 0.3) is 0 Å². The van der Waals surface area contributed by atoms with Crippen molar-refractivity contribution in [3.8, 4) is 5.75 Å². The topological polar surface area (TPSA) is 87.7 Å². The first-order valence-corrected chi connectivity index (χ1v) is 10.4. The number of amides is 1. The van der Waals surface area contributed by atoms with Gasteiger partial charge in [0.05, 0.1) is 0 Å². The number of hydrogen-bond donors (Lipinski definition) is 3. The molecule has 1 heterocycles. The maximum absolute atomic E-state index is 12.4. The largest absolute Gasteiger partial charge is 0.490 e. The molecule has 0 aliphatic carbocycles. The van der Waals surface area contributed by atoms with Gasteiger partial charge in [-0.3, -0.25) is 4.79 Å². The Morgan fingerprint density at radius 2 is 1.59 bits per heavy atom. The summed E-state index contributed by atoms with van der Waals surface area (Å²) in [6.07, 6.45) is -4.61. The smallest absolute Gasteiger partial charge is 0.489 e. The number of alkyl halides is 3. The molecule has 1 unspecified atom stereocenters. The Morgan fingerprint density at radius 3 is 2.24 bits per heavy atom. The normalized spacial score (nSPS) is 14.1. The van der Waals surface area contributed by atoms with E-state index < -0.39 is 12.1 Å². The lowest BCUT2D eigenvalue weighted by Gasteiger charge is -2.11. The van der Waals surface area contributed by atoms with Gasteiger partial charge < -0.3 is 20.5 Å². The Morgan fingerprint density at radius 1 is 0.971 bits per heavy atom. The molecule has 3 N–H and O–H groups in total. The van der Waals surface area contributed by atoms with Crippen molar-refractivity contribution >= 4 is 23.3 Å². The summed E-state index contributed by atoms with van der Waals surface area (Å²) >= 11 is 0. The predicted molar refractivity (Wildman–Crippen MR) is 122 cm³/mol. The average Bonchev–Trinajstić information content (AvgIpc) is 3.22. The molecule has 3 aromatic rings. The van der Waals surface area contributed by atoms with Crippen molar-refractivity contribution in [3.63, 3.8) is 0 Å². The number of hydrogen-bond acceptors (Lipinski definition) is 4. The van der Waals surface area contributed by atoms with E-state index in [0.29, 0.717) is 13.0 Å². The second kappa shape index (κ2) is 11.2. The third-order valence-corrected chi connectivity index (χ3v) is 5.00. The first-order chi connectivity index (χ1) is 16.2. The summed E-state index contributed by atoms with van der Waals surface area (Å²) in [5.74, 6) is -1.65. The lowest BCUT2D eigenvalue weighted by Crippen LogP contribution is -2.21. The Bertz CT molecular complexity index is 1100. The summed E-state index contributed by atoms with van der Waals surface area (Å²) in [5.41, 5.74) is 4.23. The van der Waals surface area contributed by atoms with Crippen LogP contribution in [0.25, 0.3) is 0 Å². The zero-order valence-electron chi connectivity index (χ0n) is 18.0. The summed E-state index contributed by atoms with van der Waals surface area (Å²) in [5, 5.41) is 13.5. The highest BCUT2D eigenvalue weighted by atomic mass is 19.4. The number of nitrogens with one attached hydrogen (secondary N) is 2. The van der Waals surface area contributed by atoms with E-state index in [1.165, 1.54) is 5.56 Å². The van der Waals surface area contributed by atoms with E-state index in [2.05, 4.69) is 22.8 Å². The Hall–Kier alpha value is -4.01. The summed E-state index contributed by atoms with van der Waals surface area (Å²) in [7, 11) is 0. The molecule has 0 spiro atoms. The Balaban J connectivity index is 0.000000406. The van der Waals surface area contributed by atoms with Crippen LogP contribution in [-0.2, 0) is 16.2 Å². The molecular weight excluding hydrogens is 449 g/mol. The van der Waals surface area contributed by atoms with Gasteiger partial charge in [0.1, 0.15) is 12.4 Å². The molecule has 4 rings (SSSR count). The standard InChI is InChI=1S/C23H22N2O2.C2HF3O2/c26-23(14-18-15-24-22-9-5-4-8-21(18)22)25-19-12-10-17(11-13-19)16-27-20-6-2-1-3-7-20;3-2(4,5)1(6)7/h1-13,18,24H,14-16H2,(H,25,26);(H,6,7). The molecule has 0 bridgehead atoms. The van der Waals surface area contributed by atoms with Crippen LogP contribution < -0.4 is 15.4 Å². The van der Waals surface area contributed by atoms with E-state index in [0.717, 1.165) is 29.2 Å². The quantitative estimate of drug-likeness (QED) is 0.445. The molecule has 6 nitrogen and oxygen atoms in total. The number of anilines is 2. The number of benzene rings is 3. The van der Waals surface area contributed by atoms with E-state index in [1.54, 1.807) is 0 Å². The number of fused-ring (bicyclic) bond motifs is 1. The summed E-state index contributed by atoms with van der Waals surface area (Å²) in [6.45, 7) is 1.31. The van der Waals surface area contributed by atoms with Crippen LogP contribution in [0.15, 0.2) is 78.9 Å². The van der Waals surface area contributed by atoms with Crippen molar-refractivity contribution in [2.45, 2.75) is 25.1 Å². The van der Waals surface area contributed by atoms with Crippen LogP contribution in [0.4, 0.5) is 24.5 Å². The molecule has 0 saturated heterocycles. The third-order valence-electron chi connectivity index (χ3n) is 5.00. The van der Waals surface area contributed by atoms with Crippen LogP contribution in [0.2, 0.25) is 0 Å². The van der Waals surface area contributed by atoms with Gasteiger partial charge in [0, 0.05) is 30.3 Å². The minimum atomic E-state index is -5.08. The fraction of sp³-hybridized carbons (Fsp3) is 0.200. The van der Waals surface area contributed by atoms with Crippen molar-refractivity contribution in [2.24, 2.45) is 0 Å². The average molecular weight is 472 g/mol. The monoisotopic (exact) mass is 472 g/mol. The fourth-order valence-corrected chi connectivity index (χ4v) is 3.34. The van der Waals surface area contributed by atoms with Crippen LogP contribution >= 0.6 is 0 Å². The van der Waals surface area contributed by atoms with Gasteiger partial charge in [-0.2, -0.15) is 13.2 Å².